The normalized spacial score (nSPS) is 11.3. The zero-order valence-electron chi connectivity index (χ0n) is 15.7. The highest BCUT2D eigenvalue weighted by atomic mass is 32.2. The summed E-state index contributed by atoms with van der Waals surface area (Å²) in [5.74, 6) is 1.53. The fraction of sp³-hybridized carbons (Fsp3) is 0.0500. The standard InChI is InChI=1S/C20H16FN5O3S/c1-14-22-9-10-26(14)19-12-20(24-13-23-19)29-17-7-5-16(6-8-17)25-30(27,28)18-4-2-3-15(21)11-18/h2-13,25H,1H3. The zero-order valence-corrected chi connectivity index (χ0v) is 16.5. The van der Waals surface area contributed by atoms with Gasteiger partial charge in [-0.25, -0.2) is 27.8 Å². The number of rotatable bonds is 6. The predicted molar refractivity (Wildman–Crippen MR) is 108 cm³/mol. The van der Waals surface area contributed by atoms with Crippen molar-refractivity contribution in [2.45, 2.75) is 11.8 Å². The van der Waals surface area contributed by atoms with Crippen LogP contribution in [0.2, 0.25) is 0 Å². The average molecular weight is 425 g/mol. The maximum atomic E-state index is 13.3. The van der Waals surface area contributed by atoms with E-state index >= 15 is 0 Å². The summed E-state index contributed by atoms with van der Waals surface area (Å²) in [5.41, 5.74) is 0.309. The molecule has 0 atom stereocenters. The molecule has 0 spiro atoms. The van der Waals surface area contributed by atoms with Gasteiger partial charge in [-0.15, -0.1) is 0 Å². The second-order valence-corrected chi connectivity index (χ2v) is 7.93. The number of imidazole rings is 1. The van der Waals surface area contributed by atoms with Crippen LogP contribution >= 0.6 is 0 Å². The molecule has 0 aliphatic carbocycles. The van der Waals surface area contributed by atoms with Gasteiger partial charge < -0.3 is 4.74 Å². The number of aromatic nitrogens is 4. The molecule has 0 saturated heterocycles. The summed E-state index contributed by atoms with van der Waals surface area (Å²) in [4.78, 5) is 12.3. The van der Waals surface area contributed by atoms with E-state index in [-0.39, 0.29) is 4.90 Å². The van der Waals surface area contributed by atoms with Crippen molar-refractivity contribution >= 4 is 15.7 Å². The number of ether oxygens (including phenoxy) is 1. The Bertz CT molecular complexity index is 1290. The number of aryl methyl sites for hydroxylation is 1. The molecule has 4 rings (SSSR count). The summed E-state index contributed by atoms with van der Waals surface area (Å²) in [7, 11) is -3.90. The van der Waals surface area contributed by atoms with Gasteiger partial charge in [0.1, 0.15) is 29.5 Å². The van der Waals surface area contributed by atoms with Crippen LogP contribution in [-0.4, -0.2) is 27.9 Å². The maximum absolute atomic E-state index is 13.3. The van der Waals surface area contributed by atoms with Crippen LogP contribution in [-0.2, 0) is 10.0 Å². The van der Waals surface area contributed by atoms with E-state index in [9.17, 15) is 12.8 Å². The van der Waals surface area contributed by atoms with Crippen molar-refractivity contribution in [3.05, 3.63) is 85.0 Å². The lowest BCUT2D eigenvalue weighted by atomic mass is 10.3. The fourth-order valence-electron chi connectivity index (χ4n) is 2.70. The Morgan fingerprint density at radius 1 is 1.03 bits per heavy atom. The molecule has 30 heavy (non-hydrogen) atoms. The summed E-state index contributed by atoms with van der Waals surface area (Å²) in [6.07, 6.45) is 4.83. The summed E-state index contributed by atoms with van der Waals surface area (Å²) >= 11 is 0. The monoisotopic (exact) mass is 425 g/mol. The third-order valence-electron chi connectivity index (χ3n) is 4.14. The highest BCUT2D eigenvalue weighted by Gasteiger charge is 2.15. The van der Waals surface area contributed by atoms with Crippen molar-refractivity contribution in [2.24, 2.45) is 0 Å². The Hall–Kier alpha value is -3.79. The Balaban J connectivity index is 1.49. The van der Waals surface area contributed by atoms with Gasteiger partial charge in [0, 0.05) is 24.1 Å². The second-order valence-electron chi connectivity index (χ2n) is 6.25. The van der Waals surface area contributed by atoms with Crippen molar-refractivity contribution < 1.29 is 17.5 Å². The number of hydrogen-bond donors (Lipinski definition) is 1. The highest BCUT2D eigenvalue weighted by Crippen LogP contribution is 2.24. The average Bonchev–Trinajstić information content (AvgIpc) is 3.15. The molecule has 0 bridgehead atoms. The minimum atomic E-state index is -3.90. The third-order valence-corrected chi connectivity index (χ3v) is 5.51. The molecule has 2 aromatic heterocycles. The van der Waals surface area contributed by atoms with Gasteiger partial charge in [-0.1, -0.05) is 6.07 Å². The van der Waals surface area contributed by atoms with Gasteiger partial charge >= 0.3 is 0 Å². The summed E-state index contributed by atoms with van der Waals surface area (Å²) in [5, 5.41) is 0. The SMILES string of the molecule is Cc1nccn1-c1cc(Oc2ccc(NS(=O)(=O)c3cccc(F)c3)cc2)ncn1. The van der Waals surface area contributed by atoms with Gasteiger partial charge in [-0.3, -0.25) is 9.29 Å². The van der Waals surface area contributed by atoms with Crippen LogP contribution in [0.3, 0.4) is 0 Å². The molecule has 2 aromatic carbocycles. The van der Waals surface area contributed by atoms with Crippen molar-refractivity contribution in [3.63, 3.8) is 0 Å². The van der Waals surface area contributed by atoms with Crippen LogP contribution in [0.5, 0.6) is 11.6 Å². The number of halogens is 1. The molecule has 0 amide bonds. The Morgan fingerprint density at radius 2 is 1.83 bits per heavy atom. The molecule has 4 aromatic rings. The minimum absolute atomic E-state index is 0.161. The number of sulfonamides is 1. The van der Waals surface area contributed by atoms with E-state index in [0.29, 0.717) is 23.1 Å². The molecule has 1 N–H and O–H groups in total. The van der Waals surface area contributed by atoms with E-state index in [4.69, 9.17) is 4.74 Å². The van der Waals surface area contributed by atoms with Gasteiger partial charge in [-0.2, -0.15) is 0 Å². The lowest BCUT2D eigenvalue weighted by Crippen LogP contribution is -2.13. The van der Waals surface area contributed by atoms with Crippen LogP contribution in [0.25, 0.3) is 5.82 Å². The molecule has 0 radical (unpaired) electrons. The first kappa shape index (κ1) is 19.5. The first-order valence-corrected chi connectivity index (χ1v) is 10.3. The van der Waals surface area contributed by atoms with Crippen LogP contribution in [0, 0.1) is 12.7 Å². The minimum Gasteiger partial charge on any atom is -0.439 e. The van der Waals surface area contributed by atoms with E-state index in [1.54, 1.807) is 35.2 Å². The number of nitrogens with zero attached hydrogens (tertiary/aromatic N) is 4. The molecule has 0 saturated carbocycles. The van der Waals surface area contributed by atoms with Gasteiger partial charge in [0.25, 0.3) is 10.0 Å². The van der Waals surface area contributed by atoms with E-state index in [0.717, 1.165) is 11.9 Å². The van der Waals surface area contributed by atoms with Crippen molar-refractivity contribution in [1.29, 1.82) is 0 Å². The molecule has 10 heteroatoms. The molecule has 0 aliphatic rings. The van der Waals surface area contributed by atoms with E-state index in [1.165, 1.54) is 36.7 Å². The van der Waals surface area contributed by atoms with Gasteiger partial charge in [-0.05, 0) is 49.4 Å². The fourth-order valence-corrected chi connectivity index (χ4v) is 3.79. The molecule has 0 aliphatic heterocycles. The van der Waals surface area contributed by atoms with Gasteiger partial charge in [0.2, 0.25) is 5.88 Å². The van der Waals surface area contributed by atoms with Crippen molar-refractivity contribution in [2.75, 3.05) is 4.72 Å². The number of anilines is 1. The summed E-state index contributed by atoms with van der Waals surface area (Å²) in [6, 6.07) is 12.7. The van der Waals surface area contributed by atoms with Crippen molar-refractivity contribution in [1.82, 2.24) is 19.5 Å². The van der Waals surface area contributed by atoms with E-state index in [2.05, 4.69) is 19.7 Å². The third kappa shape index (κ3) is 4.28. The van der Waals surface area contributed by atoms with Gasteiger partial charge in [0.15, 0.2) is 0 Å². The quantitative estimate of drug-likeness (QED) is 0.506. The van der Waals surface area contributed by atoms with Crippen LogP contribution < -0.4 is 9.46 Å². The smallest absolute Gasteiger partial charge is 0.261 e. The topological polar surface area (TPSA) is 99.0 Å². The summed E-state index contributed by atoms with van der Waals surface area (Å²) in [6.45, 7) is 1.85. The van der Waals surface area contributed by atoms with Crippen LogP contribution in [0.1, 0.15) is 5.82 Å². The first-order chi connectivity index (χ1) is 14.4. The molecule has 0 unspecified atom stereocenters. The molecule has 8 nitrogen and oxygen atoms in total. The Kier molecular flexibility index (Phi) is 5.15. The first-order valence-electron chi connectivity index (χ1n) is 8.79. The molecule has 2 heterocycles. The van der Waals surface area contributed by atoms with Gasteiger partial charge in [0.05, 0.1) is 4.90 Å². The number of nitrogens with one attached hydrogen (secondary N) is 1. The number of hydrogen-bond acceptors (Lipinski definition) is 6. The lowest BCUT2D eigenvalue weighted by Gasteiger charge is -2.10. The van der Waals surface area contributed by atoms with E-state index in [1.807, 2.05) is 6.92 Å². The lowest BCUT2D eigenvalue weighted by molar-refractivity contribution is 0.461. The molecular formula is C20H16FN5O3S. The Morgan fingerprint density at radius 3 is 2.53 bits per heavy atom. The van der Waals surface area contributed by atoms with E-state index < -0.39 is 15.8 Å². The van der Waals surface area contributed by atoms with Crippen molar-refractivity contribution in [3.8, 4) is 17.4 Å². The largest absolute Gasteiger partial charge is 0.439 e. The zero-order chi connectivity index (χ0) is 21.1. The molecule has 152 valence electrons. The molecule has 0 fully saturated rings. The highest BCUT2D eigenvalue weighted by molar-refractivity contribution is 7.92. The molecular weight excluding hydrogens is 409 g/mol. The summed E-state index contributed by atoms with van der Waals surface area (Å²) < 4.78 is 48.0. The predicted octanol–water partition coefficient (Wildman–Crippen LogP) is 3.70. The number of benzene rings is 2. The maximum Gasteiger partial charge on any atom is 0.261 e. The Labute approximate surface area is 172 Å². The van der Waals surface area contributed by atoms with Crippen LogP contribution in [0.15, 0.2) is 78.2 Å². The second kappa shape index (κ2) is 7.91. The van der Waals surface area contributed by atoms with Crippen LogP contribution in [0.4, 0.5) is 10.1 Å².